The molecule has 0 amide bonds. The quantitative estimate of drug-likeness (QED) is 0.660. The predicted molar refractivity (Wildman–Crippen MR) is 111 cm³/mol. The van der Waals surface area contributed by atoms with Crippen LogP contribution in [0.1, 0.15) is 34.3 Å². The zero-order chi connectivity index (χ0) is 21.3. The Hall–Kier alpha value is -3.98. The zero-order valence-corrected chi connectivity index (χ0v) is 16.6. The number of fused-ring (bicyclic) bond motifs is 3. The molecule has 2 N–H and O–H groups in total. The third-order valence-electron chi connectivity index (χ3n) is 5.17. The summed E-state index contributed by atoms with van der Waals surface area (Å²) in [6.45, 7) is 1.98. The lowest BCUT2D eigenvalue weighted by atomic mass is 9.83. The maximum absolute atomic E-state index is 12.8. The molecule has 0 aromatic heterocycles. The van der Waals surface area contributed by atoms with Crippen LogP contribution < -0.4 is 15.2 Å². The average Bonchev–Trinajstić information content (AvgIpc) is 2.89. The normalized spacial score (nSPS) is 15.2. The Morgan fingerprint density at radius 1 is 1.13 bits per heavy atom. The summed E-state index contributed by atoms with van der Waals surface area (Å²) in [5.74, 6) is 0.0462. The first-order chi connectivity index (χ1) is 14.6. The molecule has 6 heteroatoms. The fourth-order valence-electron chi connectivity index (χ4n) is 3.88. The fourth-order valence-corrected chi connectivity index (χ4v) is 3.88. The average molecular weight is 400 g/mol. The predicted octanol–water partition coefficient (Wildman–Crippen LogP) is 4.19. The first kappa shape index (κ1) is 19.3. The molecule has 1 heterocycles. The van der Waals surface area contributed by atoms with Gasteiger partial charge in [-0.25, -0.2) is 4.79 Å². The van der Waals surface area contributed by atoms with E-state index in [2.05, 4.69) is 6.07 Å². The summed E-state index contributed by atoms with van der Waals surface area (Å²) in [7, 11) is 1.59. The summed E-state index contributed by atoms with van der Waals surface area (Å²) in [5.41, 5.74) is 9.80. The van der Waals surface area contributed by atoms with E-state index in [0.29, 0.717) is 28.2 Å². The first-order valence-corrected chi connectivity index (χ1v) is 9.54. The molecule has 150 valence electrons. The molecule has 0 saturated heterocycles. The Balaban J connectivity index is 2.03. The summed E-state index contributed by atoms with van der Waals surface area (Å²) in [4.78, 5) is 12.8. The van der Waals surface area contributed by atoms with E-state index in [1.807, 2.05) is 54.6 Å². The lowest BCUT2D eigenvalue weighted by Gasteiger charge is -2.25. The van der Waals surface area contributed by atoms with E-state index in [1.165, 1.54) is 0 Å². The summed E-state index contributed by atoms with van der Waals surface area (Å²) < 4.78 is 16.4. The number of ether oxygens (including phenoxy) is 3. The van der Waals surface area contributed by atoms with Gasteiger partial charge in [0.2, 0.25) is 5.88 Å². The van der Waals surface area contributed by atoms with Gasteiger partial charge in [-0.2, -0.15) is 5.26 Å². The van der Waals surface area contributed by atoms with E-state index < -0.39 is 11.9 Å². The van der Waals surface area contributed by atoms with Crippen molar-refractivity contribution in [3.05, 3.63) is 82.7 Å². The molecule has 1 aromatic rings. The smallest absolute Gasteiger partial charge is 0.342 e. The van der Waals surface area contributed by atoms with E-state index in [0.717, 1.165) is 16.7 Å². The highest BCUT2D eigenvalue weighted by Crippen LogP contribution is 2.52. The van der Waals surface area contributed by atoms with Crippen molar-refractivity contribution in [1.82, 2.24) is 0 Å². The molecular weight excluding hydrogens is 380 g/mol. The van der Waals surface area contributed by atoms with Crippen LogP contribution in [0.15, 0.2) is 66.1 Å². The molecule has 3 aliphatic rings. The standard InChI is InChI=1S/C24H20N2O4/c1-3-29-24(27)21-17-8-6-4-5-7-16(17)20-19(14-9-11-15(28-2)12-10-14)18(13-25)23(26)30-22(20)21/h4-12,19H,3,26H2,1-2H3. The van der Waals surface area contributed by atoms with Gasteiger partial charge < -0.3 is 19.9 Å². The molecule has 0 bridgehead atoms. The number of nitriles is 1. The number of rotatable bonds is 4. The molecule has 1 aliphatic heterocycles. The van der Waals surface area contributed by atoms with Gasteiger partial charge in [-0.05, 0) is 30.2 Å². The molecule has 6 nitrogen and oxygen atoms in total. The molecule has 0 fully saturated rings. The van der Waals surface area contributed by atoms with Crippen molar-refractivity contribution in [3.8, 4) is 28.7 Å². The van der Waals surface area contributed by atoms with Gasteiger partial charge in [-0.3, -0.25) is 0 Å². The van der Waals surface area contributed by atoms with Gasteiger partial charge >= 0.3 is 5.97 Å². The van der Waals surface area contributed by atoms with Crippen molar-refractivity contribution in [3.63, 3.8) is 0 Å². The van der Waals surface area contributed by atoms with E-state index >= 15 is 0 Å². The van der Waals surface area contributed by atoms with Crippen LogP contribution in [0.25, 0.3) is 11.1 Å². The third kappa shape index (κ3) is 3.01. The van der Waals surface area contributed by atoms with Crippen LogP contribution in [-0.4, -0.2) is 19.7 Å². The Bertz CT molecular complexity index is 1160. The van der Waals surface area contributed by atoms with Crippen molar-refractivity contribution in [2.75, 3.05) is 13.7 Å². The van der Waals surface area contributed by atoms with Crippen LogP contribution in [0.2, 0.25) is 0 Å². The monoisotopic (exact) mass is 400 g/mol. The Morgan fingerprint density at radius 3 is 2.47 bits per heavy atom. The molecular formula is C24H20N2O4. The van der Waals surface area contributed by atoms with E-state index in [-0.39, 0.29) is 12.5 Å². The van der Waals surface area contributed by atoms with Crippen LogP contribution in [0.5, 0.6) is 11.5 Å². The van der Waals surface area contributed by atoms with Gasteiger partial charge in [-0.1, -0.05) is 42.5 Å². The number of hydrogen-bond acceptors (Lipinski definition) is 6. The number of carbonyl (C=O) groups excluding carboxylic acids is 1. The van der Waals surface area contributed by atoms with Gasteiger partial charge in [0.25, 0.3) is 0 Å². The number of hydrogen-bond donors (Lipinski definition) is 1. The van der Waals surface area contributed by atoms with E-state index in [4.69, 9.17) is 19.9 Å². The minimum atomic E-state index is -0.489. The highest BCUT2D eigenvalue weighted by Gasteiger charge is 2.39. The number of allylic oxidation sites excluding steroid dienone is 1. The first-order valence-electron chi connectivity index (χ1n) is 9.54. The van der Waals surface area contributed by atoms with E-state index in [9.17, 15) is 10.1 Å². The van der Waals surface area contributed by atoms with E-state index in [1.54, 1.807) is 14.0 Å². The SMILES string of the molecule is CCOC(=O)c1c2cccccc-2c2c1OC(N)=C(C#N)C2c1ccc(OC)cc1. The van der Waals surface area contributed by atoms with Gasteiger partial charge in [0, 0.05) is 11.1 Å². The van der Waals surface area contributed by atoms with Crippen molar-refractivity contribution in [2.45, 2.75) is 12.8 Å². The van der Waals surface area contributed by atoms with Crippen molar-refractivity contribution >= 4 is 5.97 Å². The minimum absolute atomic E-state index is 0.0175. The highest BCUT2D eigenvalue weighted by atomic mass is 16.5. The molecule has 0 spiro atoms. The highest BCUT2D eigenvalue weighted by molar-refractivity contribution is 6.05. The maximum Gasteiger partial charge on any atom is 0.342 e. The third-order valence-corrected chi connectivity index (χ3v) is 5.17. The molecule has 0 radical (unpaired) electrons. The van der Waals surface area contributed by atoms with Crippen molar-refractivity contribution in [2.24, 2.45) is 5.73 Å². The topological polar surface area (TPSA) is 94.6 Å². The zero-order valence-electron chi connectivity index (χ0n) is 16.6. The second-order valence-electron chi connectivity index (χ2n) is 6.77. The van der Waals surface area contributed by atoms with Crippen LogP contribution in [-0.2, 0) is 4.74 Å². The van der Waals surface area contributed by atoms with Crippen LogP contribution in [0, 0.1) is 11.3 Å². The second-order valence-corrected chi connectivity index (χ2v) is 6.77. The van der Waals surface area contributed by atoms with Crippen LogP contribution in [0.3, 0.4) is 0 Å². The van der Waals surface area contributed by atoms with Gasteiger partial charge in [0.1, 0.15) is 28.7 Å². The minimum Gasteiger partial charge on any atom is -0.497 e. The number of benzene rings is 1. The molecule has 30 heavy (non-hydrogen) atoms. The molecule has 2 aliphatic carbocycles. The van der Waals surface area contributed by atoms with Gasteiger partial charge in [0.05, 0.1) is 19.6 Å². The lowest BCUT2D eigenvalue weighted by Crippen LogP contribution is -2.21. The summed E-state index contributed by atoms with van der Waals surface area (Å²) in [6, 6.07) is 19.0. The molecule has 0 saturated carbocycles. The molecule has 1 aromatic carbocycles. The molecule has 4 rings (SSSR count). The fraction of sp³-hybridized carbons (Fsp3) is 0.167. The summed E-state index contributed by atoms with van der Waals surface area (Å²) >= 11 is 0. The Morgan fingerprint density at radius 2 is 1.83 bits per heavy atom. The summed E-state index contributed by atoms with van der Waals surface area (Å²) in [5, 5.41) is 9.86. The van der Waals surface area contributed by atoms with Gasteiger partial charge in [-0.15, -0.1) is 0 Å². The molecule has 1 atom stereocenters. The molecule has 1 unspecified atom stereocenters. The number of nitrogens with two attached hydrogens (primary N) is 1. The second kappa shape index (κ2) is 7.80. The Labute approximate surface area is 174 Å². The van der Waals surface area contributed by atoms with Gasteiger partial charge in [0.15, 0.2) is 0 Å². The Kier molecular flexibility index (Phi) is 5.03. The number of methoxy groups -OCH3 is 1. The number of carbonyl (C=O) groups is 1. The van der Waals surface area contributed by atoms with Crippen molar-refractivity contribution in [1.29, 1.82) is 5.26 Å². The van der Waals surface area contributed by atoms with Crippen molar-refractivity contribution < 1.29 is 19.0 Å². The summed E-state index contributed by atoms with van der Waals surface area (Å²) in [6.07, 6.45) is 0. The maximum atomic E-state index is 12.8. The van der Waals surface area contributed by atoms with Crippen LogP contribution >= 0.6 is 0 Å². The lowest BCUT2D eigenvalue weighted by molar-refractivity contribution is 0.0524. The number of nitrogens with zero attached hydrogens (tertiary/aromatic N) is 1. The largest absolute Gasteiger partial charge is 0.497 e. The number of esters is 1. The van der Waals surface area contributed by atoms with Crippen LogP contribution in [0.4, 0.5) is 0 Å².